The van der Waals surface area contributed by atoms with Gasteiger partial charge in [0, 0.05) is 6.42 Å². The molecular formula is C50H99NO5. The SMILES string of the molecule is CCCCCCCCCCCCCCCCCCCC(=O)OC(CCCCCCCCCC)CC(=O)NC(CO)C(O)CCCCCCCCCCCCCC. The summed E-state index contributed by atoms with van der Waals surface area (Å²) in [6.45, 7) is 6.48. The lowest BCUT2D eigenvalue weighted by molar-refractivity contribution is -0.151. The van der Waals surface area contributed by atoms with Crippen molar-refractivity contribution in [2.45, 2.75) is 302 Å². The third-order valence-corrected chi connectivity index (χ3v) is 11.9. The molecule has 3 atom stereocenters. The first-order chi connectivity index (χ1) is 27.5. The Morgan fingerprint density at radius 2 is 0.750 bits per heavy atom. The molecule has 0 aliphatic carbocycles. The number of ether oxygens (including phenoxy) is 1. The van der Waals surface area contributed by atoms with Gasteiger partial charge in [0.25, 0.3) is 0 Å². The Kier molecular flexibility index (Phi) is 44.0. The molecule has 0 fully saturated rings. The van der Waals surface area contributed by atoms with Gasteiger partial charge in [-0.25, -0.2) is 0 Å². The third kappa shape index (κ3) is 39.7. The number of aliphatic hydroxyl groups is 2. The number of hydrogen-bond donors (Lipinski definition) is 3. The van der Waals surface area contributed by atoms with E-state index in [2.05, 4.69) is 26.1 Å². The Morgan fingerprint density at radius 1 is 0.446 bits per heavy atom. The van der Waals surface area contributed by atoms with Gasteiger partial charge in [-0.3, -0.25) is 9.59 Å². The van der Waals surface area contributed by atoms with Gasteiger partial charge in [0.1, 0.15) is 6.10 Å². The van der Waals surface area contributed by atoms with Crippen molar-refractivity contribution in [1.82, 2.24) is 5.32 Å². The number of esters is 1. The van der Waals surface area contributed by atoms with Crippen molar-refractivity contribution >= 4 is 11.9 Å². The van der Waals surface area contributed by atoms with Gasteiger partial charge in [-0.15, -0.1) is 0 Å². The summed E-state index contributed by atoms with van der Waals surface area (Å²) in [5.74, 6) is -0.456. The van der Waals surface area contributed by atoms with Crippen LogP contribution in [0.4, 0.5) is 0 Å². The lowest BCUT2D eigenvalue weighted by Crippen LogP contribution is -2.46. The van der Waals surface area contributed by atoms with Crippen molar-refractivity contribution in [3.63, 3.8) is 0 Å². The zero-order valence-corrected chi connectivity index (χ0v) is 38.0. The summed E-state index contributed by atoms with van der Waals surface area (Å²) < 4.78 is 5.91. The van der Waals surface area contributed by atoms with E-state index in [1.807, 2.05) is 0 Å². The molecule has 3 unspecified atom stereocenters. The molecule has 0 rings (SSSR count). The van der Waals surface area contributed by atoms with Crippen LogP contribution in [0.1, 0.15) is 284 Å². The summed E-state index contributed by atoms with van der Waals surface area (Å²) in [6.07, 6.45) is 47.4. The fourth-order valence-corrected chi connectivity index (χ4v) is 8.08. The summed E-state index contributed by atoms with van der Waals surface area (Å²) in [5, 5.41) is 23.7. The van der Waals surface area contributed by atoms with E-state index in [1.54, 1.807) is 0 Å². The van der Waals surface area contributed by atoms with Gasteiger partial charge in [0.15, 0.2) is 0 Å². The maximum atomic E-state index is 13.1. The Morgan fingerprint density at radius 3 is 1.09 bits per heavy atom. The Balaban J connectivity index is 4.36. The van der Waals surface area contributed by atoms with Crippen LogP contribution in [0.5, 0.6) is 0 Å². The lowest BCUT2D eigenvalue weighted by Gasteiger charge is -2.24. The highest BCUT2D eigenvalue weighted by atomic mass is 16.5. The molecule has 0 aromatic heterocycles. The van der Waals surface area contributed by atoms with Gasteiger partial charge in [-0.2, -0.15) is 0 Å². The fourth-order valence-electron chi connectivity index (χ4n) is 8.08. The van der Waals surface area contributed by atoms with Gasteiger partial charge < -0.3 is 20.3 Å². The molecule has 1 amide bonds. The maximum Gasteiger partial charge on any atom is 0.306 e. The predicted molar refractivity (Wildman–Crippen MR) is 241 cm³/mol. The average Bonchev–Trinajstić information content (AvgIpc) is 3.19. The molecular weight excluding hydrogens is 695 g/mol. The minimum Gasteiger partial charge on any atom is -0.462 e. The van der Waals surface area contributed by atoms with Gasteiger partial charge in [-0.05, 0) is 25.7 Å². The molecule has 0 bridgehead atoms. The molecule has 6 nitrogen and oxygen atoms in total. The second kappa shape index (κ2) is 45.0. The minimum atomic E-state index is -0.777. The maximum absolute atomic E-state index is 13.1. The number of aliphatic hydroxyl groups excluding tert-OH is 2. The molecule has 0 radical (unpaired) electrons. The second-order valence-corrected chi connectivity index (χ2v) is 17.6. The van der Waals surface area contributed by atoms with Gasteiger partial charge in [-0.1, -0.05) is 245 Å². The highest BCUT2D eigenvalue weighted by Crippen LogP contribution is 2.18. The monoisotopic (exact) mass is 794 g/mol. The van der Waals surface area contributed by atoms with E-state index >= 15 is 0 Å². The fraction of sp³-hybridized carbons (Fsp3) is 0.960. The van der Waals surface area contributed by atoms with E-state index in [-0.39, 0.29) is 24.9 Å². The molecule has 0 saturated carbocycles. The minimum absolute atomic E-state index is 0.0864. The smallest absolute Gasteiger partial charge is 0.306 e. The van der Waals surface area contributed by atoms with Crippen LogP contribution >= 0.6 is 0 Å². The largest absolute Gasteiger partial charge is 0.462 e. The summed E-state index contributed by atoms with van der Waals surface area (Å²) >= 11 is 0. The van der Waals surface area contributed by atoms with Crippen molar-refractivity contribution in [2.75, 3.05) is 6.61 Å². The number of amides is 1. The third-order valence-electron chi connectivity index (χ3n) is 11.9. The number of hydrogen-bond acceptors (Lipinski definition) is 5. The molecule has 0 aliphatic rings. The predicted octanol–water partition coefficient (Wildman–Crippen LogP) is 14.8. The molecule has 0 heterocycles. The highest BCUT2D eigenvalue weighted by Gasteiger charge is 2.24. The molecule has 0 aromatic rings. The van der Waals surface area contributed by atoms with Gasteiger partial charge in [0.2, 0.25) is 5.91 Å². The molecule has 3 N–H and O–H groups in total. The van der Waals surface area contributed by atoms with Crippen LogP contribution in [-0.4, -0.2) is 46.9 Å². The van der Waals surface area contributed by atoms with Gasteiger partial charge >= 0.3 is 5.97 Å². The number of unbranched alkanes of at least 4 members (excludes halogenated alkanes) is 34. The molecule has 0 aromatic carbocycles. The average molecular weight is 794 g/mol. The molecule has 0 saturated heterocycles. The van der Waals surface area contributed by atoms with E-state index in [0.29, 0.717) is 19.3 Å². The normalized spacial score (nSPS) is 13.2. The summed E-state index contributed by atoms with van der Waals surface area (Å²) in [7, 11) is 0. The highest BCUT2D eigenvalue weighted by molar-refractivity contribution is 5.77. The standard InChI is InChI=1S/C50H99NO5/c1-4-7-10-13-16-19-21-23-24-25-26-27-29-31-34-37-40-43-50(55)56-46(41-38-35-32-18-15-12-9-6-3)44-49(54)51-47(45-52)48(53)42-39-36-33-30-28-22-20-17-14-11-8-5-2/h46-48,52-53H,4-45H2,1-3H3,(H,51,54). The number of rotatable bonds is 46. The number of carbonyl (C=O) groups is 2. The molecule has 0 spiro atoms. The number of carbonyl (C=O) groups excluding carboxylic acids is 2. The van der Waals surface area contributed by atoms with Crippen molar-refractivity contribution in [3.05, 3.63) is 0 Å². The Labute approximate surface area is 349 Å². The van der Waals surface area contributed by atoms with Crippen LogP contribution in [0, 0.1) is 0 Å². The topological polar surface area (TPSA) is 95.9 Å². The van der Waals surface area contributed by atoms with Gasteiger partial charge in [0.05, 0.1) is 25.2 Å². The van der Waals surface area contributed by atoms with Crippen molar-refractivity contribution in [2.24, 2.45) is 0 Å². The lowest BCUT2D eigenvalue weighted by atomic mass is 10.0. The summed E-state index contributed by atoms with van der Waals surface area (Å²) in [5.41, 5.74) is 0. The van der Waals surface area contributed by atoms with Crippen LogP contribution in [-0.2, 0) is 14.3 Å². The first-order valence-electron chi connectivity index (χ1n) is 25.3. The Bertz CT molecular complexity index is 806. The van der Waals surface area contributed by atoms with E-state index in [9.17, 15) is 19.8 Å². The summed E-state index contributed by atoms with van der Waals surface area (Å²) in [4.78, 5) is 26.0. The number of nitrogens with one attached hydrogen (secondary N) is 1. The summed E-state index contributed by atoms with van der Waals surface area (Å²) in [6, 6.07) is -0.690. The van der Waals surface area contributed by atoms with Crippen molar-refractivity contribution in [1.29, 1.82) is 0 Å². The van der Waals surface area contributed by atoms with Crippen LogP contribution in [0.3, 0.4) is 0 Å². The van der Waals surface area contributed by atoms with E-state index in [1.165, 1.54) is 199 Å². The van der Waals surface area contributed by atoms with Crippen molar-refractivity contribution < 1.29 is 24.5 Å². The first kappa shape index (κ1) is 54.9. The van der Waals surface area contributed by atoms with Crippen molar-refractivity contribution in [3.8, 4) is 0 Å². The zero-order chi connectivity index (χ0) is 41.0. The van der Waals surface area contributed by atoms with Crippen LogP contribution in [0.15, 0.2) is 0 Å². The Hall–Kier alpha value is -1.14. The molecule has 6 heteroatoms. The van der Waals surface area contributed by atoms with Crippen LogP contribution in [0.2, 0.25) is 0 Å². The first-order valence-corrected chi connectivity index (χ1v) is 25.3. The quantitative estimate of drug-likeness (QED) is 0.0421. The van der Waals surface area contributed by atoms with E-state index in [0.717, 1.165) is 38.5 Å². The van der Waals surface area contributed by atoms with Crippen LogP contribution < -0.4 is 5.32 Å². The second-order valence-electron chi connectivity index (χ2n) is 17.6. The molecule has 0 aliphatic heterocycles. The van der Waals surface area contributed by atoms with E-state index < -0.39 is 18.2 Å². The van der Waals surface area contributed by atoms with E-state index in [4.69, 9.17) is 4.74 Å². The zero-order valence-electron chi connectivity index (χ0n) is 38.0. The molecule has 56 heavy (non-hydrogen) atoms. The van der Waals surface area contributed by atoms with Crippen LogP contribution in [0.25, 0.3) is 0 Å². The molecule has 334 valence electrons.